The van der Waals surface area contributed by atoms with E-state index in [-0.39, 0.29) is 5.97 Å². The van der Waals surface area contributed by atoms with Crippen molar-refractivity contribution in [2.75, 3.05) is 7.11 Å². The molecule has 0 aliphatic heterocycles. The molecule has 0 atom stereocenters. The number of halogens is 1. The summed E-state index contributed by atoms with van der Waals surface area (Å²) in [5, 5.41) is 0. The maximum atomic E-state index is 10.3. The largest absolute Gasteiger partial charge is 0.469 e. The number of methoxy groups -OCH3 is 1. The Morgan fingerprint density at radius 2 is 2.50 bits per heavy atom. The predicted octanol–water partition coefficient (Wildman–Crippen LogP) is 1.46. The molecule has 0 aliphatic rings. The van der Waals surface area contributed by atoms with Crippen molar-refractivity contribution in [1.82, 2.24) is 0 Å². The SMILES string of the molecule is COC(=O)CC=CBr. The molecule has 0 spiro atoms. The van der Waals surface area contributed by atoms with E-state index in [1.165, 1.54) is 7.11 Å². The van der Waals surface area contributed by atoms with Crippen molar-refractivity contribution in [2.45, 2.75) is 6.42 Å². The normalized spacial score (nSPS) is 9.75. The van der Waals surface area contributed by atoms with Gasteiger partial charge in [-0.05, 0) is 4.99 Å². The van der Waals surface area contributed by atoms with Gasteiger partial charge in [-0.15, -0.1) is 0 Å². The molecule has 0 amide bonds. The number of rotatable bonds is 2. The molecule has 8 heavy (non-hydrogen) atoms. The Labute approximate surface area is 56.7 Å². The van der Waals surface area contributed by atoms with Gasteiger partial charge in [-0.2, -0.15) is 0 Å². The van der Waals surface area contributed by atoms with Gasteiger partial charge in [0.2, 0.25) is 0 Å². The van der Waals surface area contributed by atoms with Crippen LogP contribution in [0.4, 0.5) is 0 Å². The number of hydrogen-bond acceptors (Lipinski definition) is 2. The molecule has 0 heterocycles. The maximum absolute atomic E-state index is 10.3. The molecule has 0 radical (unpaired) electrons. The summed E-state index contributed by atoms with van der Waals surface area (Å²) in [4.78, 5) is 11.9. The highest BCUT2D eigenvalue weighted by Gasteiger charge is 1.91. The minimum absolute atomic E-state index is 0.222. The third-order valence-electron chi connectivity index (χ3n) is 0.601. The summed E-state index contributed by atoms with van der Waals surface area (Å²) < 4.78 is 4.34. The first-order valence-electron chi connectivity index (χ1n) is 2.13. The molecule has 46 valence electrons. The summed E-state index contributed by atoms with van der Waals surface area (Å²) in [7, 11) is 1.37. The van der Waals surface area contributed by atoms with Crippen LogP contribution in [0.15, 0.2) is 11.1 Å². The molecule has 0 N–H and O–H groups in total. The van der Waals surface area contributed by atoms with E-state index >= 15 is 0 Å². The van der Waals surface area contributed by atoms with Crippen LogP contribution >= 0.6 is 15.9 Å². The van der Waals surface area contributed by atoms with Crippen LogP contribution in [0.3, 0.4) is 0 Å². The van der Waals surface area contributed by atoms with Crippen LogP contribution in [-0.4, -0.2) is 13.1 Å². The van der Waals surface area contributed by atoms with E-state index in [0.717, 1.165) is 0 Å². The van der Waals surface area contributed by atoms with Crippen LogP contribution in [0.2, 0.25) is 0 Å². The van der Waals surface area contributed by atoms with Gasteiger partial charge in [-0.25, -0.2) is 0 Å². The second-order valence-corrected chi connectivity index (χ2v) is 1.67. The average Bonchev–Trinajstić information content (AvgIpc) is 1.83. The summed E-state index contributed by atoms with van der Waals surface area (Å²) in [5.74, 6) is -0.222. The third kappa shape index (κ3) is 3.87. The zero-order valence-corrected chi connectivity index (χ0v) is 6.14. The van der Waals surface area contributed by atoms with Crippen LogP contribution in [0.1, 0.15) is 6.42 Å². The van der Waals surface area contributed by atoms with Crippen LogP contribution in [0.25, 0.3) is 0 Å². The van der Waals surface area contributed by atoms with Crippen molar-refractivity contribution in [3.63, 3.8) is 0 Å². The second-order valence-electron chi connectivity index (χ2n) is 1.14. The molecular weight excluding hydrogens is 172 g/mol. The number of carbonyl (C=O) groups is 1. The van der Waals surface area contributed by atoms with Crippen molar-refractivity contribution < 1.29 is 9.53 Å². The zero-order chi connectivity index (χ0) is 6.41. The molecule has 3 heteroatoms. The van der Waals surface area contributed by atoms with E-state index in [1.807, 2.05) is 0 Å². The first-order valence-corrected chi connectivity index (χ1v) is 3.05. The Kier molecular flexibility index (Phi) is 4.65. The molecule has 0 rings (SSSR count). The Bertz CT molecular complexity index is 98.6. The highest BCUT2D eigenvalue weighted by Crippen LogP contribution is 1.89. The van der Waals surface area contributed by atoms with Gasteiger partial charge in [-0.3, -0.25) is 4.79 Å². The zero-order valence-electron chi connectivity index (χ0n) is 4.56. The molecule has 0 aromatic rings. The lowest BCUT2D eigenvalue weighted by molar-refractivity contribution is -0.139. The lowest BCUT2D eigenvalue weighted by Crippen LogP contribution is -1.96. The van der Waals surface area contributed by atoms with Crippen LogP contribution in [0, 0.1) is 0 Å². The van der Waals surface area contributed by atoms with E-state index in [9.17, 15) is 4.79 Å². The number of carbonyl (C=O) groups excluding carboxylic acids is 1. The second kappa shape index (κ2) is 4.84. The van der Waals surface area contributed by atoms with E-state index < -0.39 is 0 Å². The van der Waals surface area contributed by atoms with Gasteiger partial charge >= 0.3 is 5.97 Å². The minimum atomic E-state index is -0.222. The molecule has 0 unspecified atom stereocenters. The van der Waals surface area contributed by atoms with Crippen molar-refractivity contribution in [3.05, 3.63) is 11.1 Å². The molecular formula is C5H7BrO2. The molecule has 0 fully saturated rings. The van der Waals surface area contributed by atoms with Crippen molar-refractivity contribution in [1.29, 1.82) is 0 Å². The lowest BCUT2D eigenvalue weighted by atomic mass is 10.4. The highest BCUT2D eigenvalue weighted by molar-refractivity contribution is 9.11. The summed E-state index contributed by atoms with van der Waals surface area (Å²) in [6.45, 7) is 0. The standard InChI is InChI=1S/C5H7BrO2/c1-8-5(7)3-2-4-6/h2,4H,3H2,1H3. The van der Waals surface area contributed by atoms with Gasteiger partial charge < -0.3 is 4.74 Å². The molecule has 0 aromatic carbocycles. The van der Waals surface area contributed by atoms with Gasteiger partial charge in [0.1, 0.15) is 0 Å². The molecule has 0 saturated carbocycles. The molecule has 0 aliphatic carbocycles. The van der Waals surface area contributed by atoms with E-state index in [0.29, 0.717) is 6.42 Å². The van der Waals surface area contributed by atoms with Crippen molar-refractivity contribution in [2.24, 2.45) is 0 Å². The van der Waals surface area contributed by atoms with Gasteiger partial charge in [0, 0.05) is 0 Å². The highest BCUT2D eigenvalue weighted by atomic mass is 79.9. The van der Waals surface area contributed by atoms with Gasteiger partial charge in [0.25, 0.3) is 0 Å². The van der Waals surface area contributed by atoms with Crippen LogP contribution in [0.5, 0.6) is 0 Å². The van der Waals surface area contributed by atoms with Crippen LogP contribution in [-0.2, 0) is 9.53 Å². The smallest absolute Gasteiger partial charge is 0.309 e. The Hall–Kier alpha value is -0.310. The summed E-state index contributed by atoms with van der Waals surface area (Å²) in [6.07, 6.45) is 2.01. The Morgan fingerprint density at radius 3 is 2.88 bits per heavy atom. The average molecular weight is 179 g/mol. The summed E-state index contributed by atoms with van der Waals surface area (Å²) >= 11 is 3.02. The molecule has 2 nitrogen and oxygen atoms in total. The fraction of sp³-hybridized carbons (Fsp3) is 0.400. The van der Waals surface area contributed by atoms with Gasteiger partial charge in [0.05, 0.1) is 13.5 Å². The number of hydrogen-bond donors (Lipinski definition) is 0. The lowest BCUT2D eigenvalue weighted by Gasteiger charge is -1.89. The van der Waals surface area contributed by atoms with Crippen LogP contribution < -0.4 is 0 Å². The fourth-order valence-corrected chi connectivity index (χ4v) is 0.411. The topological polar surface area (TPSA) is 26.3 Å². The molecule has 0 bridgehead atoms. The fourth-order valence-electron chi connectivity index (χ4n) is 0.224. The third-order valence-corrected chi connectivity index (χ3v) is 0.975. The number of ether oxygens (including phenoxy) is 1. The minimum Gasteiger partial charge on any atom is -0.469 e. The van der Waals surface area contributed by atoms with Crippen molar-refractivity contribution >= 4 is 21.9 Å². The predicted molar refractivity (Wildman–Crippen MR) is 34.7 cm³/mol. The first kappa shape index (κ1) is 7.69. The Morgan fingerprint density at radius 1 is 1.88 bits per heavy atom. The van der Waals surface area contributed by atoms with Crippen molar-refractivity contribution in [3.8, 4) is 0 Å². The quantitative estimate of drug-likeness (QED) is 0.599. The summed E-state index contributed by atoms with van der Waals surface area (Å²) in [5.41, 5.74) is 0. The summed E-state index contributed by atoms with van der Waals surface area (Å²) in [6, 6.07) is 0. The molecule has 0 saturated heterocycles. The monoisotopic (exact) mass is 178 g/mol. The number of esters is 1. The van der Waals surface area contributed by atoms with Gasteiger partial charge in [-0.1, -0.05) is 22.0 Å². The molecule has 0 aromatic heterocycles. The van der Waals surface area contributed by atoms with E-state index in [1.54, 1.807) is 11.1 Å². The Balaban J connectivity index is 3.25. The van der Waals surface area contributed by atoms with E-state index in [4.69, 9.17) is 0 Å². The first-order chi connectivity index (χ1) is 3.81. The van der Waals surface area contributed by atoms with Gasteiger partial charge in [0.15, 0.2) is 0 Å². The maximum Gasteiger partial charge on any atom is 0.309 e. The van der Waals surface area contributed by atoms with E-state index in [2.05, 4.69) is 20.7 Å².